The van der Waals surface area contributed by atoms with Crippen LogP contribution in [0.1, 0.15) is 47.9 Å². The Morgan fingerprint density at radius 3 is 2.32 bits per heavy atom. The number of carbonyl (C=O) groups is 4. The summed E-state index contributed by atoms with van der Waals surface area (Å²) in [5.41, 5.74) is 1.97. The van der Waals surface area contributed by atoms with Crippen LogP contribution < -0.4 is 10.2 Å². The summed E-state index contributed by atoms with van der Waals surface area (Å²) < 4.78 is 5.73. The van der Waals surface area contributed by atoms with Gasteiger partial charge in [0.15, 0.2) is 0 Å². The van der Waals surface area contributed by atoms with Crippen molar-refractivity contribution < 1.29 is 28.7 Å². The molecule has 0 saturated carbocycles. The van der Waals surface area contributed by atoms with Gasteiger partial charge in [-0.15, -0.1) is 0 Å². The van der Waals surface area contributed by atoms with Crippen molar-refractivity contribution in [3.05, 3.63) is 83.1 Å². The second kappa shape index (κ2) is 9.19. The Labute approximate surface area is 195 Å². The maximum atomic E-state index is 13.1. The van der Waals surface area contributed by atoms with Gasteiger partial charge in [0, 0.05) is 5.56 Å². The van der Waals surface area contributed by atoms with Crippen LogP contribution in [0.5, 0.6) is 0 Å². The second-order valence-corrected chi connectivity index (χ2v) is 7.94. The molecule has 1 saturated heterocycles. The van der Waals surface area contributed by atoms with Crippen molar-refractivity contribution >= 4 is 35.6 Å². The molecule has 2 heterocycles. The van der Waals surface area contributed by atoms with Gasteiger partial charge in [-0.25, -0.2) is 14.5 Å². The number of carboxylic acid groups (broad SMARTS) is 1. The first-order valence-electron chi connectivity index (χ1n) is 10.7. The van der Waals surface area contributed by atoms with Gasteiger partial charge in [-0.05, 0) is 60.4 Å². The number of anilines is 1. The molecule has 0 bridgehead atoms. The first-order chi connectivity index (χ1) is 16.3. The van der Waals surface area contributed by atoms with Crippen LogP contribution in [0.15, 0.2) is 70.7 Å². The largest absolute Gasteiger partial charge is 0.478 e. The van der Waals surface area contributed by atoms with Crippen molar-refractivity contribution in [1.82, 2.24) is 5.32 Å². The zero-order valence-electron chi connectivity index (χ0n) is 18.6. The third kappa shape index (κ3) is 4.38. The zero-order chi connectivity index (χ0) is 24.4. The molecule has 2 aromatic carbocycles. The minimum atomic E-state index is -1.04. The van der Waals surface area contributed by atoms with E-state index in [1.54, 1.807) is 36.4 Å². The van der Waals surface area contributed by atoms with Crippen LogP contribution in [0.25, 0.3) is 17.4 Å². The van der Waals surface area contributed by atoms with Crippen molar-refractivity contribution in [2.45, 2.75) is 26.2 Å². The van der Waals surface area contributed by atoms with Crippen LogP contribution in [0.3, 0.4) is 0 Å². The quantitative estimate of drug-likeness (QED) is 0.404. The summed E-state index contributed by atoms with van der Waals surface area (Å²) in [4.78, 5) is 49.9. The third-order valence-electron chi connectivity index (χ3n) is 5.76. The molecule has 2 N–H and O–H groups in total. The predicted octanol–water partition coefficient (Wildman–Crippen LogP) is 4.82. The van der Waals surface area contributed by atoms with Crippen molar-refractivity contribution in [1.29, 1.82) is 0 Å². The van der Waals surface area contributed by atoms with E-state index in [1.807, 2.05) is 12.1 Å². The van der Waals surface area contributed by atoms with E-state index >= 15 is 0 Å². The molecule has 0 radical (unpaired) electrons. The molecule has 172 valence electrons. The van der Waals surface area contributed by atoms with Crippen LogP contribution in [-0.2, 0) is 9.59 Å². The van der Waals surface area contributed by atoms with Crippen molar-refractivity contribution in [2.75, 3.05) is 4.90 Å². The van der Waals surface area contributed by atoms with Crippen molar-refractivity contribution in [2.24, 2.45) is 0 Å². The van der Waals surface area contributed by atoms with Gasteiger partial charge in [0.25, 0.3) is 11.8 Å². The minimum Gasteiger partial charge on any atom is -0.478 e. The van der Waals surface area contributed by atoms with Crippen LogP contribution in [-0.4, -0.2) is 28.9 Å². The average molecular weight is 458 g/mol. The molecule has 1 fully saturated rings. The standard InChI is InChI=1S/C26H22N2O6/c1-3-15(2)16-8-10-19(11-9-16)28-24(30)21(23(29)27-26(28)33)14-20-12-13-22(34-20)17-4-6-18(7-5-17)25(31)32/h4-15H,3H2,1-2H3,(H,31,32)(H,27,29,33). The molecule has 4 amide bonds. The number of imide groups is 2. The van der Waals surface area contributed by atoms with Gasteiger partial charge >= 0.3 is 12.0 Å². The summed E-state index contributed by atoms with van der Waals surface area (Å²) in [7, 11) is 0. The Morgan fingerprint density at radius 2 is 1.71 bits per heavy atom. The number of urea groups is 1. The highest BCUT2D eigenvalue weighted by Crippen LogP contribution is 2.27. The topological polar surface area (TPSA) is 117 Å². The van der Waals surface area contributed by atoms with E-state index in [0.29, 0.717) is 22.9 Å². The summed E-state index contributed by atoms with van der Waals surface area (Å²) >= 11 is 0. The lowest BCUT2D eigenvalue weighted by Crippen LogP contribution is -2.54. The number of carbonyl (C=O) groups excluding carboxylic acids is 3. The molecule has 1 unspecified atom stereocenters. The first kappa shape index (κ1) is 22.7. The number of hydrogen-bond acceptors (Lipinski definition) is 5. The summed E-state index contributed by atoms with van der Waals surface area (Å²) in [6.45, 7) is 4.17. The maximum absolute atomic E-state index is 13.1. The van der Waals surface area contributed by atoms with E-state index in [1.165, 1.54) is 18.2 Å². The molecule has 3 aromatic rings. The average Bonchev–Trinajstić information content (AvgIpc) is 3.30. The van der Waals surface area contributed by atoms with E-state index in [-0.39, 0.29) is 16.9 Å². The predicted molar refractivity (Wildman–Crippen MR) is 125 cm³/mol. The second-order valence-electron chi connectivity index (χ2n) is 7.94. The summed E-state index contributed by atoms with van der Waals surface area (Å²) in [6.07, 6.45) is 2.23. The summed E-state index contributed by atoms with van der Waals surface area (Å²) in [5.74, 6) is -1.60. The Kier molecular flexibility index (Phi) is 6.14. The molecule has 4 rings (SSSR count). The fourth-order valence-corrected chi connectivity index (χ4v) is 3.58. The lowest BCUT2D eigenvalue weighted by molar-refractivity contribution is -0.122. The Bertz CT molecular complexity index is 1300. The van der Waals surface area contributed by atoms with E-state index in [4.69, 9.17) is 9.52 Å². The highest BCUT2D eigenvalue weighted by atomic mass is 16.4. The van der Waals surface area contributed by atoms with Crippen LogP contribution in [0.2, 0.25) is 0 Å². The number of amides is 4. The lowest BCUT2D eigenvalue weighted by Gasteiger charge is -2.26. The van der Waals surface area contributed by atoms with Crippen LogP contribution in [0.4, 0.5) is 10.5 Å². The van der Waals surface area contributed by atoms with Gasteiger partial charge in [0.05, 0.1) is 11.3 Å². The van der Waals surface area contributed by atoms with E-state index in [0.717, 1.165) is 16.9 Å². The SMILES string of the molecule is CCC(C)c1ccc(N2C(=O)NC(=O)C(=Cc3ccc(-c4ccc(C(=O)O)cc4)o3)C2=O)cc1. The van der Waals surface area contributed by atoms with Gasteiger partial charge < -0.3 is 9.52 Å². The summed E-state index contributed by atoms with van der Waals surface area (Å²) in [6, 6.07) is 15.6. The number of furan rings is 1. The molecule has 1 aliphatic rings. The number of rotatable bonds is 6. The monoisotopic (exact) mass is 458 g/mol. The number of nitrogens with zero attached hydrogens (tertiary/aromatic N) is 1. The van der Waals surface area contributed by atoms with Crippen LogP contribution in [0, 0.1) is 0 Å². The molecule has 8 heteroatoms. The Hall–Kier alpha value is -4.46. The highest BCUT2D eigenvalue weighted by molar-refractivity contribution is 6.39. The number of benzene rings is 2. The normalized spacial score (nSPS) is 16.0. The van der Waals surface area contributed by atoms with Crippen molar-refractivity contribution in [3.63, 3.8) is 0 Å². The number of aromatic carboxylic acids is 1. The summed E-state index contributed by atoms with van der Waals surface area (Å²) in [5, 5.41) is 11.2. The molecule has 1 atom stereocenters. The zero-order valence-corrected chi connectivity index (χ0v) is 18.6. The van der Waals surface area contributed by atoms with Gasteiger partial charge in [-0.2, -0.15) is 0 Å². The molecular weight excluding hydrogens is 436 g/mol. The molecule has 34 heavy (non-hydrogen) atoms. The van der Waals surface area contributed by atoms with Crippen LogP contribution >= 0.6 is 0 Å². The first-order valence-corrected chi connectivity index (χ1v) is 10.7. The number of carboxylic acids is 1. The van der Waals surface area contributed by atoms with Gasteiger partial charge in [0.2, 0.25) is 0 Å². The van der Waals surface area contributed by atoms with Gasteiger partial charge in [0.1, 0.15) is 17.1 Å². The molecule has 1 aliphatic heterocycles. The highest BCUT2D eigenvalue weighted by Gasteiger charge is 2.37. The molecule has 8 nitrogen and oxygen atoms in total. The molecular formula is C26H22N2O6. The fraction of sp³-hybridized carbons (Fsp3) is 0.154. The number of barbiturate groups is 1. The van der Waals surface area contributed by atoms with Gasteiger partial charge in [-0.1, -0.05) is 38.1 Å². The smallest absolute Gasteiger partial charge is 0.335 e. The van der Waals surface area contributed by atoms with Crippen molar-refractivity contribution in [3.8, 4) is 11.3 Å². The van der Waals surface area contributed by atoms with E-state index in [9.17, 15) is 19.2 Å². The van der Waals surface area contributed by atoms with E-state index < -0.39 is 23.8 Å². The minimum absolute atomic E-state index is 0.143. The Balaban J connectivity index is 1.60. The third-order valence-corrected chi connectivity index (χ3v) is 5.76. The van der Waals surface area contributed by atoms with Gasteiger partial charge in [-0.3, -0.25) is 14.9 Å². The Morgan fingerprint density at radius 1 is 1.03 bits per heavy atom. The maximum Gasteiger partial charge on any atom is 0.335 e. The lowest BCUT2D eigenvalue weighted by atomic mass is 9.98. The molecule has 0 aliphatic carbocycles. The number of hydrogen-bond donors (Lipinski definition) is 2. The van der Waals surface area contributed by atoms with E-state index in [2.05, 4.69) is 19.2 Å². The number of nitrogens with one attached hydrogen (secondary N) is 1. The molecule has 0 spiro atoms. The molecule has 1 aromatic heterocycles. The fourth-order valence-electron chi connectivity index (χ4n) is 3.58.